The molecule has 2 aromatic rings. The fraction of sp³-hybridized carbons (Fsp3) is 0.545. The molecule has 1 aliphatic heterocycles. The third-order valence-electron chi connectivity index (χ3n) is 5.48. The van der Waals surface area contributed by atoms with Gasteiger partial charge in [-0.25, -0.2) is 4.98 Å². The van der Waals surface area contributed by atoms with E-state index in [2.05, 4.69) is 16.5 Å². The largest absolute Gasteiger partial charge is 0.493 e. The Bertz CT molecular complexity index is 878. The molecule has 8 heteroatoms. The van der Waals surface area contributed by atoms with E-state index in [-0.39, 0.29) is 12.0 Å². The zero-order chi connectivity index (χ0) is 21.7. The third-order valence-corrected chi connectivity index (χ3v) is 6.44. The molecule has 0 N–H and O–H groups in total. The number of ether oxygens (including phenoxy) is 3. The second-order valence-corrected chi connectivity index (χ2v) is 8.44. The lowest BCUT2D eigenvalue weighted by Gasteiger charge is -2.20. The first-order valence-corrected chi connectivity index (χ1v) is 11.1. The normalized spacial score (nSPS) is 16.0. The number of rotatable bonds is 9. The van der Waals surface area contributed by atoms with Crippen LogP contribution in [0.3, 0.4) is 0 Å². The number of hydrogen-bond acceptors (Lipinski definition) is 6. The summed E-state index contributed by atoms with van der Waals surface area (Å²) >= 11 is 1.48. The number of aryl methyl sites for hydroxylation is 1. The maximum absolute atomic E-state index is 12.8. The molecule has 7 nitrogen and oxygen atoms in total. The molecule has 164 valence electrons. The van der Waals surface area contributed by atoms with Gasteiger partial charge in [0.05, 0.1) is 38.3 Å². The number of carbonyl (C=O) groups excluding carboxylic acids is 1. The van der Waals surface area contributed by atoms with Crippen LogP contribution >= 0.6 is 11.8 Å². The Balaban J connectivity index is 1.64. The summed E-state index contributed by atoms with van der Waals surface area (Å²) in [7, 11) is 5.02. The van der Waals surface area contributed by atoms with Crippen molar-refractivity contribution in [3.8, 4) is 11.5 Å². The number of hydrogen-bond donors (Lipinski definition) is 0. The van der Waals surface area contributed by atoms with Crippen LogP contribution in [0.25, 0.3) is 0 Å². The van der Waals surface area contributed by atoms with Gasteiger partial charge in [-0.05, 0) is 32.8 Å². The van der Waals surface area contributed by atoms with Crippen LogP contribution in [-0.4, -0.2) is 60.1 Å². The summed E-state index contributed by atoms with van der Waals surface area (Å²) in [4.78, 5) is 19.2. The van der Waals surface area contributed by atoms with Gasteiger partial charge in [-0.1, -0.05) is 23.9 Å². The first kappa shape index (κ1) is 22.5. The van der Waals surface area contributed by atoms with E-state index < -0.39 is 0 Å². The second kappa shape index (κ2) is 10.2. The average Bonchev–Trinajstić information content (AvgIpc) is 3.35. The lowest BCUT2D eigenvalue weighted by atomic mass is 10.1. The van der Waals surface area contributed by atoms with Gasteiger partial charge in [0.1, 0.15) is 0 Å². The summed E-state index contributed by atoms with van der Waals surface area (Å²) in [6.45, 7) is 6.15. The van der Waals surface area contributed by atoms with Crippen LogP contribution in [0.2, 0.25) is 0 Å². The summed E-state index contributed by atoms with van der Waals surface area (Å²) in [5.41, 5.74) is 3.04. The molecule has 1 saturated heterocycles. The smallest absolute Gasteiger partial charge is 0.233 e. The topological polar surface area (TPSA) is 65.8 Å². The minimum Gasteiger partial charge on any atom is -0.493 e. The lowest BCUT2D eigenvalue weighted by molar-refractivity contribution is -0.127. The van der Waals surface area contributed by atoms with Gasteiger partial charge in [-0.15, -0.1) is 0 Å². The molecule has 1 aromatic carbocycles. The van der Waals surface area contributed by atoms with Crippen LogP contribution in [0.4, 0.5) is 0 Å². The fourth-order valence-corrected chi connectivity index (χ4v) is 4.64. The van der Waals surface area contributed by atoms with Crippen molar-refractivity contribution >= 4 is 17.7 Å². The summed E-state index contributed by atoms with van der Waals surface area (Å²) in [6, 6.07) is 5.69. The quantitative estimate of drug-likeness (QED) is 0.565. The average molecular weight is 434 g/mol. The first-order chi connectivity index (χ1) is 14.4. The molecule has 1 atom stereocenters. The van der Waals surface area contributed by atoms with Gasteiger partial charge in [0, 0.05) is 31.5 Å². The predicted molar refractivity (Wildman–Crippen MR) is 117 cm³/mol. The highest BCUT2D eigenvalue weighted by Crippen LogP contribution is 2.31. The fourth-order valence-electron chi connectivity index (χ4n) is 3.60. The van der Waals surface area contributed by atoms with Crippen molar-refractivity contribution < 1.29 is 19.0 Å². The minimum absolute atomic E-state index is 0.0341. The van der Waals surface area contributed by atoms with E-state index in [9.17, 15) is 4.79 Å². The van der Waals surface area contributed by atoms with E-state index in [4.69, 9.17) is 14.2 Å². The van der Waals surface area contributed by atoms with Crippen molar-refractivity contribution in [1.82, 2.24) is 14.5 Å². The van der Waals surface area contributed by atoms with Gasteiger partial charge >= 0.3 is 0 Å². The van der Waals surface area contributed by atoms with Crippen molar-refractivity contribution in [1.29, 1.82) is 0 Å². The highest BCUT2D eigenvalue weighted by Gasteiger charge is 2.21. The molecular formula is C22H31N3O4S. The third kappa shape index (κ3) is 5.10. The zero-order valence-corrected chi connectivity index (χ0v) is 19.3. The van der Waals surface area contributed by atoms with E-state index in [1.54, 1.807) is 26.2 Å². The van der Waals surface area contributed by atoms with Crippen LogP contribution in [0.15, 0.2) is 23.4 Å². The van der Waals surface area contributed by atoms with E-state index in [0.29, 0.717) is 23.8 Å². The zero-order valence-electron chi connectivity index (χ0n) is 18.4. The molecule has 1 amide bonds. The highest BCUT2D eigenvalue weighted by molar-refractivity contribution is 7.99. The van der Waals surface area contributed by atoms with E-state index in [1.807, 2.05) is 25.1 Å². The van der Waals surface area contributed by atoms with Crippen LogP contribution in [0.5, 0.6) is 11.5 Å². The maximum atomic E-state index is 12.8. The van der Waals surface area contributed by atoms with E-state index >= 15 is 0 Å². The Morgan fingerprint density at radius 3 is 2.80 bits per heavy atom. The van der Waals surface area contributed by atoms with Gasteiger partial charge < -0.3 is 23.7 Å². The van der Waals surface area contributed by atoms with E-state index in [0.717, 1.165) is 48.1 Å². The minimum atomic E-state index is 0.0341. The van der Waals surface area contributed by atoms with Crippen LogP contribution in [0.1, 0.15) is 29.8 Å². The standard InChI is InChI=1S/C22H31N3O4S/c1-15-16(2)25(13-18-9-7-11-29-18)22(23-15)30-14-20(26)24(3)12-17-8-6-10-19(27-4)21(17)28-5/h6,8,10,18H,7,9,11-14H2,1-5H3. The van der Waals surface area contributed by atoms with Crippen molar-refractivity contribution in [2.75, 3.05) is 33.6 Å². The SMILES string of the molecule is COc1cccc(CN(C)C(=O)CSc2nc(C)c(C)n2CC2CCCO2)c1OC. The Kier molecular flexibility index (Phi) is 7.66. The van der Waals surface area contributed by atoms with Crippen molar-refractivity contribution in [3.05, 3.63) is 35.2 Å². The Hall–Kier alpha value is -2.19. The first-order valence-electron chi connectivity index (χ1n) is 10.2. The molecule has 0 spiro atoms. The predicted octanol–water partition coefficient (Wildman–Crippen LogP) is 3.45. The molecule has 1 fully saturated rings. The van der Waals surface area contributed by atoms with Crippen molar-refractivity contribution in [2.45, 2.75) is 51.0 Å². The maximum Gasteiger partial charge on any atom is 0.233 e. The number of thioether (sulfide) groups is 1. The monoisotopic (exact) mass is 433 g/mol. The Morgan fingerprint density at radius 2 is 2.13 bits per heavy atom. The van der Waals surface area contributed by atoms with Crippen molar-refractivity contribution in [2.24, 2.45) is 0 Å². The Labute approximate surface area is 182 Å². The van der Waals surface area contributed by atoms with Gasteiger partial charge in [0.25, 0.3) is 0 Å². The molecule has 3 rings (SSSR count). The van der Waals surface area contributed by atoms with Gasteiger partial charge in [-0.2, -0.15) is 0 Å². The number of aromatic nitrogens is 2. The number of imidazole rings is 1. The van der Waals surface area contributed by atoms with Gasteiger partial charge in [0.2, 0.25) is 5.91 Å². The highest BCUT2D eigenvalue weighted by atomic mass is 32.2. The molecule has 2 heterocycles. The summed E-state index contributed by atoms with van der Waals surface area (Å²) < 4.78 is 18.8. The number of carbonyl (C=O) groups is 1. The summed E-state index contributed by atoms with van der Waals surface area (Å²) in [5, 5.41) is 0.876. The molecule has 30 heavy (non-hydrogen) atoms. The summed E-state index contributed by atoms with van der Waals surface area (Å²) in [6.07, 6.45) is 2.41. The second-order valence-electron chi connectivity index (χ2n) is 7.50. The molecule has 1 unspecified atom stereocenters. The van der Waals surface area contributed by atoms with Gasteiger partial charge in [0.15, 0.2) is 16.7 Å². The molecule has 0 aliphatic carbocycles. The lowest BCUT2D eigenvalue weighted by Crippen LogP contribution is -2.28. The van der Waals surface area contributed by atoms with Crippen molar-refractivity contribution in [3.63, 3.8) is 0 Å². The summed E-state index contributed by atoms with van der Waals surface area (Å²) in [5.74, 6) is 1.68. The van der Waals surface area contributed by atoms with Crippen LogP contribution in [0, 0.1) is 13.8 Å². The molecule has 0 radical (unpaired) electrons. The molecule has 0 saturated carbocycles. The molecule has 0 bridgehead atoms. The number of methoxy groups -OCH3 is 2. The van der Waals surface area contributed by atoms with Crippen LogP contribution in [-0.2, 0) is 22.6 Å². The number of amides is 1. The number of nitrogens with zero attached hydrogens (tertiary/aromatic N) is 3. The van der Waals surface area contributed by atoms with Crippen LogP contribution < -0.4 is 9.47 Å². The number of benzene rings is 1. The van der Waals surface area contributed by atoms with Gasteiger partial charge in [-0.3, -0.25) is 4.79 Å². The Morgan fingerprint density at radius 1 is 1.33 bits per heavy atom. The molecule has 1 aromatic heterocycles. The molecular weight excluding hydrogens is 402 g/mol. The molecule has 1 aliphatic rings. The number of para-hydroxylation sites is 1. The van der Waals surface area contributed by atoms with E-state index in [1.165, 1.54) is 11.8 Å².